The minimum atomic E-state index is -0.613. The summed E-state index contributed by atoms with van der Waals surface area (Å²) in [6, 6.07) is 9.16. The Morgan fingerprint density at radius 2 is 2.00 bits per heavy atom. The van der Waals surface area contributed by atoms with Crippen LogP contribution in [0.2, 0.25) is 0 Å². The molecule has 0 aliphatic rings. The number of rotatable bonds is 4. The van der Waals surface area contributed by atoms with Gasteiger partial charge in [0.15, 0.2) is 5.52 Å². The Bertz CT molecular complexity index is 1020. The largest absolute Gasteiger partial charge is 0.465 e. The van der Waals surface area contributed by atoms with Crippen LogP contribution in [0.25, 0.3) is 22.4 Å². The number of aromatic nitrogens is 3. The topological polar surface area (TPSA) is 74.1 Å². The number of carbonyl (C=O) groups is 1. The van der Waals surface area contributed by atoms with Crippen LogP contribution in [0.4, 0.5) is 4.39 Å². The minimum absolute atomic E-state index is 0.0489. The summed E-state index contributed by atoms with van der Waals surface area (Å²) in [4.78, 5) is 33.2. The lowest BCUT2D eigenvalue weighted by Crippen LogP contribution is -2.28. The molecular formula is C17H13BrFN3O3. The average molecular weight is 406 g/mol. The third-order valence-corrected chi connectivity index (χ3v) is 3.92. The number of benzene rings is 1. The maximum atomic E-state index is 14.2. The minimum Gasteiger partial charge on any atom is -0.465 e. The molecule has 3 aromatic rings. The molecule has 0 saturated carbocycles. The lowest BCUT2D eigenvalue weighted by Gasteiger charge is -2.13. The van der Waals surface area contributed by atoms with Gasteiger partial charge >= 0.3 is 5.97 Å². The number of halogens is 2. The molecule has 0 aliphatic heterocycles. The van der Waals surface area contributed by atoms with E-state index in [4.69, 9.17) is 4.74 Å². The zero-order chi connectivity index (χ0) is 18.0. The van der Waals surface area contributed by atoms with Crippen LogP contribution in [0.3, 0.4) is 0 Å². The third-order valence-electron chi connectivity index (χ3n) is 3.48. The van der Waals surface area contributed by atoms with Gasteiger partial charge in [0.1, 0.15) is 22.8 Å². The Labute approximate surface area is 150 Å². The Balaban J connectivity index is 2.30. The molecule has 0 atom stereocenters. The van der Waals surface area contributed by atoms with Gasteiger partial charge in [0.2, 0.25) is 0 Å². The molecule has 0 aliphatic carbocycles. The number of nitrogens with zero attached hydrogens (tertiary/aromatic N) is 3. The van der Waals surface area contributed by atoms with E-state index in [2.05, 4.69) is 25.9 Å². The zero-order valence-corrected chi connectivity index (χ0v) is 14.8. The van der Waals surface area contributed by atoms with Gasteiger partial charge in [-0.05, 0) is 47.1 Å². The first-order valence-electron chi connectivity index (χ1n) is 7.49. The maximum absolute atomic E-state index is 14.2. The van der Waals surface area contributed by atoms with Crippen LogP contribution in [-0.4, -0.2) is 27.1 Å². The van der Waals surface area contributed by atoms with Gasteiger partial charge in [0, 0.05) is 0 Å². The van der Waals surface area contributed by atoms with Crippen molar-refractivity contribution in [2.75, 3.05) is 6.61 Å². The maximum Gasteiger partial charge on any atom is 0.326 e. The molecule has 0 saturated heterocycles. The zero-order valence-electron chi connectivity index (χ0n) is 13.2. The SMILES string of the molecule is CCOC(=O)Cn1c(-c2ccccc2F)nc2ccc(Br)nc2c1=O. The van der Waals surface area contributed by atoms with Crippen molar-refractivity contribution < 1.29 is 13.9 Å². The van der Waals surface area contributed by atoms with Crippen molar-refractivity contribution >= 4 is 32.9 Å². The Morgan fingerprint density at radius 1 is 1.24 bits per heavy atom. The number of hydrogen-bond acceptors (Lipinski definition) is 5. The van der Waals surface area contributed by atoms with Gasteiger partial charge in [-0.15, -0.1) is 0 Å². The summed E-state index contributed by atoms with van der Waals surface area (Å²) >= 11 is 3.20. The van der Waals surface area contributed by atoms with Crippen LogP contribution in [0.15, 0.2) is 45.8 Å². The van der Waals surface area contributed by atoms with Crippen molar-refractivity contribution in [1.29, 1.82) is 0 Å². The summed E-state index contributed by atoms with van der Waals surface area (Å²) in [5.41, 5.74) is -0.0309. The summed E-state index contributed by atoms with van der Waals surface area (Å²) in [5, 5.41) is 0. The molecule has 1 aromatic carbocycles. The van der Waals surface area contributed by atoms with E-state index in [1.807, 2.05) is 0 Å². The molecule has 0 amide bonds. The number of ether oxygens (including phenoxy) is 1. The number of esters is 1. The fraction of sp³-hybridized carbons (Fsp3) is 0.176. The monoisotopic (exact) mass is 405 g/mol. The highest BCUT2D eigenvalue weighted by molar-refractivity contribution is 9.10. The second kappa shape index (κ2) is 7.10. The van der Waals surface area contributed by atoms with Crippen LogP contribution in [0.5, 0.6) is 0 Å². The lowest BCUT2D eigenvalue weighted by molar-refractivity contribution is -0.143. The van der Waals surface area contributed by atoms with Crippen molar-refractivity contribution in [2.45, 2.75) is 13.5 Å². The summed E-state index contributed by atoms with van der Waals surface area (Å²) in [6.07, 6.45) is 0. The van der Waals surface area contributed by atoms with E-state index in [1.54, 1.807) is 25.1 Å². The van der Waals surface area contributed by atoms with E-state index >= 15 is 0 Å². The van der Waals surface area contributed by atoms with Crippen molar-refractivity contribution in [3.8, 4) is 11.4 Å². The molecule has 6 nitrogen and oxygen atoms in total. The summed E-state index contributed by atoms with van der Waals surface area (Å²) < 4.78 is 20.7. The van der Waals surface area contributed by atoms with Gasteiger partial charge in [0.25, 0.3) is 5.56 Å². The summed E-state index contributed by atoms with van der Waals surface area (Å²) in [5.74, 6) is -1.11. The van der Waals surface area contributed by atoms with E-state index in [9.17, 15) is 14.0 Å². The quantitative estimate of drug-likeness (QED) is 0.492. The predicted octanol–water partition coefficient (Wildman–Crippen LogP) is 2.92. The first-order valence-corrected chi connectivity index (χ1v) is 8.28. The fourth-order valence-corrected chi connectivity index (χ4v) is 2.71. The Kier molecular flexibility index (Phi) is 4.89. The van der Waals surface area contributed by atoms with Crippen LogP contribution < -0.4 is 5.56 Å². The van der Waals surface area contributed by atoms with E-state index in [0.717, 1.165) is 4.57 Å². The van der Waals surface area contributed by atoms with Crippen LogP contribution >= 0.6 is 15.9 Å². The lowest BCUT2D eigenvalue weighted by atomic mass is 10.2. The van der Waals surface area contributed by atoms with Crippen LogP contribution in [0.1, 0.15) is 6.92 Å². The standard InChI is InChI=1S/C17H13BrFN3O3/c1-2-25-14(23)9-22-16(10-5-3-4-6-11(10)19)20-12-7-8-13(18)21-15(12)17(22)24/h3-8H,2,9H2,1H3. The molecule has 8 heteroatoms. The van der Waals surface area contributed by atoms with Crippen LogP contribution in [-0.2, 0) is 16.1 Å². The first kappa shape index (κ1) is 17.2. The van der Waals surface area contributed by atoms with Crippen molar-refractivity contribution in [3.05, 3.63) is 57.2 Å². The molecule has 0 spiro atoms. The Hall–Kier alpha value is -2.61. The van der Waals surface area contributed by atoms with Crippen molar-refractivity contribution in [2.24, 2.45) is 0 Å². The van der Waals surface area contributed by atoms with Gasteiger partial charge in [-0.1, -0.05) is 12.1 Å². The smallest absolute Gasteiger partial charge is 0.326 e. The predicted molar refractivity (Wildman–Crippen MR) is 93.5 cm³/mol. The van der Waals surface area contributed by atoms with E-state index in [1.165, 1.54) is 18.2 Å². The molecule has 2 aromatic heterocycles. The number of hydrogen-bond donors (Lipinski definition) is 0. The molecule has 128 valence electrons. The van der Waals surface area contributed by atoms with Crippen molar-refractivity contribution in [1.82, 2.24) is 14.5 Å². The summed E-state index contributed by atoms with van der Waals surface area (Å²) in [6.45, 7) is 1.46. The molecule has 3 rings (SSSR count). The third kappa shape index (κ3) is 3.43. The van der Waals surface area contributed by atoms with Crippen molar-refractivity contribution in [3.63, 3.8) is 0 Å². The summed E-state index contributed by atoms with van der Waals surface area (Å²) in [7, 11) is 0. The number of fused-ring (bicyclic) bond motifs is 1. The molecule has 0 unspecified atom stereocenters. The Morgan fingerprint density at radius 3 is 2.72 bits per heavy atom. The normalized spacial score (nSPS) is 10.8. The highest BCUT2D eigenvalue weighted by Gasteiger charge is 2.19. The molecule has 0 bridgehead atoms. The second-order valence-electron chi connectivity index (χ2n) is 5.11. The van der Waals surface area contributed by atoms with E-state index in [0.29, 0.717) is 10.1 Å². The van der Waals surface area contributed by atoms with Gasteiger partial charge in [-0.25, -0.2) is 14.4 Å². The van der Waals surface area contributed by atoms with E-state index in [-0.39, 0.29) is 30.1 Å². The average Bonchev–Trinajstić information content (AvgIpc) is 2.59. The van der Waals surface area contributed by atoms with Gasteiger partial charge in [-0.3, -0.25) is 14.2 Å². The van der Waals surface area contributed by atoms with Gasteiger partial charge in [0.05, 0.1) is 17.7 Å². The molecule has 0 N–H and O–H groups in total. The number of carbonyl (C=O) groups excluding carboxylic acids is 1. The molecule has 0 fully saturated rings. The van der Waals surface area contributed by atoms with Gasteiger partial charge < -0.3 is 4.74 Å². The highest BCUT2D eigenvalue weighted by Crippen LogP contribution is 2.22. The molecule has 2 heterocycles. The van der Waals surface area contributed by atoms with E-state index < -0.39 is 17.3 Å². The van der Waals surface area contributed by atoms with Crippen LogP contribution in [0, 0.1) is 5.82 Å². The molecule has 25 heavy (non-hydrogen) atoms. The first-order chi connectivity index (χ1) is 12.0. The highest BCUT2D eigenvalue weighted by atomic mass is 79.9. The second-order valence-corrected chi connectivity index (χ2v) is 5.93. The number of pyridine rings is 1. The van der Waals surface area contributed by atoms with Gasteiger partial charge in [-0.2, -0.15) is 0 Å². The molecule has 0 radical (unpaired) electrons. The fourth-order valence-electron chi connectivity index (χ4n) is 2.40. The molecular weight excluding hydrogens is 393 g/mol.